The predicted molar refractivity (Wildman–Crippen MR) is 143 cm³/mol. The van der Waals surface area contributed by atoms with Crippen LogP contribution in [-0.2, 0) is 17.9 Å². The second-order valence-electron chi connectivity index (χ2n) is 9.73. The molecular formula is C28H27N7O5. The third-order valence-corrected chi connectivity index (χ3v) is 7.25. The second-order valence-corrected chi connectivity index (χ2v) is 9.73. The summed E-state index contributed by atoms with van der Waals surface area (Å²) in [6.45, 7) is 3.25. The number of ether oxygens (including phenoxy) is 4. The van der Waals surface area contributed by atoms with Crippen molar-refractivity contribution in [2.24, 2.45) is 0 Å². The highest BCUT2D eigenvalue weighted by atomic mass is 16.7. The Morgan fingerprint density at radius 3 is 2.38 bits per heavy atom. The Morgan fingerprint density at radius 1 is 0.875 bits per heavy atom. The number of fused-ring (bicyclic) bond motifs is 2. The van der Waals surface area contributed by atoms with Gasteiger partial charge < -0.3 is 29.2 Å². The minimum atomic E-state index is -0.417. The largest absolute Gasteiger partial charge is 0.454 e. The predicted octanol–water partition coefficient (Wildman–Crippen LogP) is 2.13. The molecule has 1 unspecified atom stereocenters. The third-order valence-electron chi connectivity index (χ3n) is 7.25. The van der Waals surface area contributed by atoms with Gasteiger partial charge in [-0.15, -0.1) is 0 Å². The van der Waals surface area contributed by atoms with Crippen molar-refractivity contribution >= 4 is 11.7 Å². The molecule has 40 heavy (non-hydrogen) atoms. The summed E-state index contributed by atoms with van der Waals surface area (Å²) in [7, 11) is 0. The van der Waals surface area contributed by atoms with Gasteiger partial charge in [0.2, 0.25) is 19.5 Å². The number of carbonyl (C=O) groups is 1. The Bertz CT molecular complexity index is 1530. The zero-order valence-corrected chi connectivity index (χ0v) is 21.6. The SMILES string of the molecule is O=C(NCc1ccc2c(c1)OCO2)C1CN(c2cc(-n3ccnc3)ncn2)CCN1Cc1ccc2c(c1)OCO2. The molecule has 1 saturated heterocycles. The molecule has 5 heterocycles. The minimum absolute atomic E-state index is 0.0630. The molecule has 12 heteroatoms. The molecule has 4 aromatic rings. The van der Waals surface area contributed by atoms with Crippen LogP contribution in [0.2, 0.25) is 0 Å². The normalized spacial score (nSPS) is 17.7. The number of nitrogens with one attached hydrogen (secondary N) is 1. The van der Waals surface area contributed by atoms with Crippen molar-refractivity contribution in [2.45, 2.75) is 19.1 Å². The monoisotopic (exact) mass is 541 g/mol. The number of amides is 1. The van der Waals surface area contributed by atoms with Gasteiger partial charge in [0.1, 0.15) is 30.3 Å². The number of anilines is 1. The summed E-state index contributed by atoms with van der Waals surface area (Å²) in [5.41, 5.74) is 1.99. The first-order chi connectivity index (χ1) is 19.7. The summed E-state index contributed by atoms with van der Waals surface area (Å²) in [5, 5.41) is 3.13. The van der Waals surface area contributed by atoms with Crippen LogP contribution in [0, 0.1) is 0 Å². The highest BCUT2D eigenvalue weighted by Gasteiger charge is 2.33. The summed E-state index contributed by atoms with van der Waals surface area (Å²) < 4.78 is 23.8. The van der Waals surface area contributed by atoms with Crippen molar-refractivity contribution in [2.75, 3.05) is 38.1 Å². The molecule has 2 aromatic heterocycles. The summed E-state index contributed by atoms with van der Waals surface area (Å²) in [4.78, 5) is 31.0. The Labute approximate surface area is 230 Å². The molecule has 12 nitrogen and oxygen atoms in total. The van der Waals surface area contributed by atoms with Gasteiger partial charge in [0, 0.05) is 51.2 Å². The van der Waals surface area contributed by atoms with Gasteiger partial charge in [-0.25, -0.2) is 15.0 Å². The molecule has 3 aliphatic rings. The molecular weight excluding hydrogens is 514 g/mol. The van der Waals surface area contributed by atoms with Crippen molar-refractivity contribution in [1.82, 2.24) is 29.7 Å². The summed E-state index contributed by atoms with van der Waals surface area (Å²) in [6.07, 6.45) is 6.78. The molecule has 1 fully saturated rings. The second kappa shape index (κ2) is 10.4. The van der Waals surface area contributed by atoms with Crippen molar-refractivity contribution in [1.29, 1.82) is 0 Å². The van der Waals surface area contributed by atoms with Crippen LogP contribution in [0.25, 0.3) is 5.82 Å². The average molecular weight is 542 g/mol. The maximum atomic E-state index is 13.7. The molecule has 1 N–H and O–H groups in total. The molecule has 0 saturated carbocycles. The van der Waals surface area contributed by atoms with Gasteiger partial charge in [0.25, 0.3) is 0 Å². The van der Waals surface area contributed by atoms with E-state index in [1.54, 1.807) is 18.9 Å². The van der Waals surface area contributed by atoms with Crippen LogP contribution in [0.5, 0.6) is 23.0 Å². The number of hydrogen-bond donors (Lipinski definition) is 1. The van der Waals surface area contributed by atoms with Crippen molar-refractivity contribution in [3.63, 3.8) is 0 Å². The fourth-order valence-electron chi connectivity index (χ4n) is 5.14. The molecule has 0 spiro atoms. The standard InChI is InChI=1S/C28H27N7O5/c36-28(30-12-19-1-3-22-24(9-19)39-17-37-22)21-14-34(26-11-27(32-15-31-26)35-6-5-29-16-35)8-7-33(21)13-20-2-4-23-25(10-20)40-18-38-23/h1-6,9-11,15-16,21H,7-8,12-14,17-18H2,(H,30,36). The van der Waals surface area contributed by atoms with Crippen LogP contribution in [-0.4, -0.2) is 69.6 Å². The molecule has 0 aliphatic carbocycles. The van der Waals surface area contributed by atoms with Gasteiger partial charge in [-0.1, -0.05) is 12.1 Å². The number of piperazine rings is 1. The maximum Gasteiger partial charge on any atom is 0.239 e. The van der Waals surface area contributed by atoms with Crippen molar-refractivity contribution in [3.05, 3.63) is 78.6 Å². The van der Waals surface area contributed by atoms with E-state index >= 15 is 0 Å². The van der Waals surface area contributed by atoms with Crippen LogP contribution >= 0.6 is 0 Å². The van der Waals surface area contributed by atoms with E-state index in [1.165, 1.54) is 0 Å². The fraction of sp³-hybridized carbons (Fsp3) is 0.286. The van der Waals surface area contributed by atoms with E-state index in [-0.39, 0.29) is 19.5 Å². The summed E-state index contributed by atoms with van der Waals surface area (Å²) in [6, 6.07) is 13.1. The van der Waals surface area contributed by atoms with Gasteiger partial charge in [0.05, 0.1) is 0 Å². The van der Waals surface area contributed by atoms with Crippen LogP contribution in [0.4, 0.5) is 5.82 Å². The molecule has 7 rings (SSSR count). The topological polar surface area (TPSA) is 116 Å². The maximum absolute atomic E-state index is 13.7. The number of carbonyl (C=O) groups excluding carboxylic acids is 1. The zero-order chi connectivity index (χ0) is 26.9. The molecule has 1 amide bonds. The first-order valence-corrected chi connectivity index (χ1v) is 13.0. The van der Waals surface area contributed by atoms with E-state index in [2.05, 4.69) is 30.1 Å². The van der Waals surface area contributed by atoms with Gasteiger partial charge in [-0.05, 0) is 35.4 Å². The molecule has 3 aliphatic heterocycles. The summed E-state index contributed by atoms with van der Waals surface area (Å²) >= 11 is 0. The van der Waals surface area contributed by atoms with Gasteiger partial charge in [-0.2, -0.15) is 0 Å². The van der Waals surface area contributed by atoms with E-state index in [0.717, 1.165) is 28.4 Å². The zero-order valence-electron chi connectivity index (χ0n) is 21.6. The molecule has 1 atom stereocenters. The molecule has 0 bridgehead atoms. The summed E-state index contributed by atoms with van der Waals surface area (Å²) in [5.74, 6) is 4.29. The lowest BCUT2D eigenvalue weighted by Crippen LogP contribution is -2.58. The lowest BCUT2D eigenvalue weighted by Gasteiger charge is -2.41. The number of nitrogens with zero attached hydrogens (tertiary/aromatic N) is 6. The van der Waals surface area contributed by atoms with Gasteiger partial charge in [-0.3, -0.25) is 14.3 Å². The minimum Gasteiger partial charge on any atom is -0.454 e. The number of aromatic nitrogens is 4. The number of benzene rings is 2. The van der Waals surface area contributed by atoms with Gasteiger partial charge >= 0.3 is 0 Å². The van der Waals surface area contributed by atoms with E-state index in [4.69, 9.17) is 18.9 Å². The van der Waals surface area contributed by atoms with Crippen LogP contribution < -0.4 is 29.2 Å². The van der Waals surface area contributed by atoms with E-state index in [9.17, 15) is 4.79 Å². The Kier molecular flexibility index (Phi) is 6.28. The van der Waals surface area contributed by atoms with E-state index < -0.39 is 6.04 Å². The highest BCUT2D eigenvalue weighted by molar-refractivity contribution is 5.82. The number of hydrogen-bond acceptors (Lipinski definition) is 10. The Morgan fingerprint density at radius 2 is 1.60 bits per heavy atom. The van der Waals surface area contributed by atoms with Crippen molar-refractivity contribution in [3.8, 4) is 28.8 Å². The van der Waals surface area contributed by atoms with E-state index in [0.29, 0.717) is 50.0 Å². The third kappa shape index (κ3) is 4.84. The first-order valence-electron chi connectivity index (χ1n) is 13.0. The molecule has 2 aromatic carbocycles. The lowest BCUT2D eigenvalue weighted by molar-refractivity contribution is -0.127. The van der Waals surface area contributed by atoms with Crippen LogP contribution in [0.1, 0.15) is 11.1 Å². The first kappa shape index (κ1) is 24.2. The smallest absolute Gasteiger partial charge is 0.239 e. The number of rotatable bonds is 7. The van der Waals surface area contributed by atoms with Crippen LogP contribution in [0.3, 0.4) is 0 Å². The fourth-order valence-corrected chi connectivity index (χ4v) is 5.14. The molecule has 204 valence electrons. The van der Waals surface area contributed by atoms with Crippen molar-refractivity contribution < 1.29 is 23.7 Å². The van der Waals surface area contributed by atoms with Gasteiger partial charge in [0.15, 0.2) is 23.0 Å². The quantitative estimate of drug-likeness (QED) is 0.373. The average Bonchev–Trinajstić information content (AvgIpc) is 3.78. The number of imidazole rings is 1. The van der Waals surface area contributed by atoms with E-state index in [1.807, 2.05) is 53.2 Å². The highest BCUT2D eigenvalue weighted by Crippen LogP contribution is 2.34. The Balaban J connectivity index is 1.11. The molecule has 0 radical (unpaired) electrons. The Hall–Kier alpha value is -4.84. The lowest BCUT2D eigenvalue weighted by atomic mass is 10.1. The van der Waals surface area contributed by atoms with Crippen LogP contribution in [0.15, 0.2) is 67.5 Å².